The van der Waals surface area contributed by atoms with E-state index in [1.165, 1.54) is 77.0 Å². The molecule has 3 rings (SSSR count). The van der Waals surface area contributed by atoms with Crippen molar-refractivity contribution in [1.29, 1.82) is 0 Å². The highest BCUT2D eigenvalue weighted by Crippen LogP contribution is 2.49. The Balaban J connectivity index is 1.75. The van der Waals surface area contributed by atoms with E-state index in [0.717, 1.165) is 57.8 Å². The monoisotopic (exact) mass is 1090 g/mol. The highest BCUT2D eigenvalue weighted by Gasteiger charge is 2.58. The van der Waals surface area contributed by atoms with Crippen molar-refractivity contribution in [2.75, 3.05) is 26.4 Å². The molecule has 16 unspecified atom stereocenters. The van der Waals surface area contributed by atoms with Crippen LogP contribution in [-0.4, -0.2) is 204 Å². The van der Waals surface area contributed by atoms with E-state index in [1.807, 2.05) is 0 Å². The molecule has 2 aliphatic heterocycles. The lowest BCUT2D eigenvalue weighted by Gasteiger charge is -2.49. The van der Waals surface area contributed by atoms with Gasteiger partial charge in [0.05, 0.1) is 19.8 Å². The van der Waals surface area contributed by atoms with Crippen molar-refractivity contribution in [2.24, 2.45) is 0 Å². The molecule has 0 spiro atoms. The Bertz CT molecular complexity index is 1500. The van der Waals surface area contributed by atoms with Crippen molar-refractivity contribution < 1.29 is 113 Å². The zero-order valence-corrected chi connectivity index (χ0v) is 44.5. The van der Waals surface area contributed by atoms with Crippen LogP contribution in [0.3, 0.4) is 0 Å². The number of aliphatic hydroxyl groups is 11. The molecule has 2 heterocycles. The van der Waals surface area contributed by atoms with Crippen LogP contribution in [0.2, 0.25) is 0 Å². The van der Waals surface area contributed by atoms with Crippen molar-refractivity contribution in [3.05, 3.63) is 0 Å². The third-order valence-corrected chi connectivity index (χ3v) is 14.9. The SMILES string of the molecule is CCCCCCCCCCCCCCC(=O)OCC(COP(=O)(O)OC1C(OC2OC(CO)C(O)C(O)C2O)C(O)C(O)C(O)C1OC1OC(CO)C(O)C(O)C1O)OC(=O)CCCCCCCCCCCCC. The first-order valence-electron chi connectivity index (χ1n) is 27.4. The number of phosphoric ester groups is 1. The average molecular weight is 1090 g/mol. The second kappa shape index (κ2) is 36.6. The van der Waals surface area contributed by atoms with Gasteiger partial charge >= 0.3 is 19.8 Å². The lowest BCUT2D eigenvalue weighted by Crippen LogP contribution is -2.69. The van der Waals surface area contributed by atoms with Gasteiger partial charge in [-0.25, -0.2) is 4.57 Å². The fourth-order valence-electron chi connectivity index (χ4n) is 9.30. The third kappa shape index (κ3) is 23.0. The van der Waals surface area contributed by atoms with Gasteiger partial charge in [-0.1, -0.05) is 149 Å². The minimum atomic E-state index is -5.62. The van der Waals surface area contributed by atoms with Crippen LogP contribution in [0.25, 0.3) is 0 Å². The molecule has 1 aliphatic carbocycles. The third-order valence-electron chi connectivity index (χ3n) is 13.9. The highest BCUT2D eigenvalue weighted by atomic mass is 31.2. The molecule has 0 aromatic carbocycles. The zero-order chi connectivity index (χ0) is 54.6. The predicted octanol–water partition coefficient (Wildman–Crippen LogP) is 2.20. The van der Waals surface area contributed by atoms with Crippen molar-refractivity contribution >= 4 is 19.8 Å². The number of hydrogen-bond acceptors (Lipinski definition) is 22. The number of unbranched alkanes of at least 4 members (excludes halogenated alkanes) is 21. The molecule has 436 valence electrons. The van der Waals surface area contributed by atoms with Crippen LogP contribution in [0.15, 0.2) is 0 Å². The van der Waals surface area contributed by atoms with Crippen LogP contribution in [0.5, 0.6) is 0 Å². The van der Waals surface area contributed by atoms with Crippen LogP contribution in [0.4, 0.5) is 0 Å². The minimum Gasteiger partial charge on any atom is -0.462 e. The van der Waals surface area contributed by atoms with Crippen LogP contribution < -0.4 is 0 Å². The maximum atomic E-state index is 14.0. The van der Waals surface area contributed by atoms with E-state index in [9.17, 15) is 75.2 Å². The van der Waals surface area contributed by atoms with Crippen LogP contribution in [0, 0.1) is 0 Å². The van der Waals surface area contributed by atoms with Gasteiger partial charge in [0, 0.05) is 12.8 Å². The molecule has 2 saturated heterocycles. The maximum Gasteiger partial charge on any atom is 0.472 e. The molecular weight excluding hydrogens is 1000 g/mol. The molecule has 0 aromatic heterocycles. The summed E-state index contributed by atoms with van der Waals surface area (Å²) in [4.78, 5) is 37.3. The number of carbonyl (C=O) groups is 2. The molecule has 12 N–H and O–H groups in total. The summed E-state index contributed by atoms with van der Waals surface area (Å²) in [6.45, 7) is 0.971. The highest BCUT2D eigenvalue weighted by molar-refractivity contribution is 7.47. The summed E-state index contributed by atoms with van der Waals surface area (Å²) in [5, 5.41) is 116. The Kier molecular flexibility index (Phi) is 33.0. The van der Waals surface area contributed by atoms with E-state index in [2.05, 4.69) is 13.8 Å². The summed E-state index contributed by atoms with van der Waals surface area (Å²) >= 11 is 0. The van der Waals surface area contributed by atoms with Crippen LogP contribution in [0.1, 0.15) is 174 Å². The van der Waals surface area contributed by atoms with Crippen molar-refractivity contribution in [3.63, 3.8) is 0 Å². The smallest absolute Gasteiger partial charge is 0.462 e. The van der Waals surface area contributed by atoms with Gasteiger partial charge < -0.3 is 89.5 Å². The second-order valence-electron chi connectivity index (χ2n) is 20.1. The van der Waals surface area contributed by atoms with Crippen LogP contribution in [-0.2, 0) is 51.6 Å². The Labute approximate surface area is 436 Å². The molecular formula is C50H93O23P. The summed E-state index contributed by atoms with van der Waals surface area (Å²) < 4.78 is 57.9. The molecule has 3 aliphatic rings. The molecule has 0 aromatic rings. The van der Waals surface area contributed by atoms with E-state index in [0.29, 0.717) is 12.8 Å². The Morgan fingerprint density at radius 1 is 0.459 bits per heavy atom. The maximum absolute atomic E-state index is 14.0. The normalized spacial score (nSPS) is 32.7. The van der Waals surface area contributed by atoms with E-state index >= 15 is 0 Å². The number of carbonyl (C=O) groups excluding carboxylic acids is 2. The number of aliphatic hydroxyl groups excluding tert-OH is 11. The van der Waals surface area contributed by atoms with E-state index in [-0.39, 0.29) is 12.8 Å². The van der Waals surface area contributed by atoms with Gasteiger partial charge in [0.15, 0.2) is 18.7 Å². The van der Waals surface area contributed by atoms with Gasteiger partial charge in [0.25, 0.3) is 0 Å². The van der Waals surface area contributed by atoms with E-state index in [1.54, 1.807) is 0 Å². The van der Waals surface area contributed by atoms with Gasteiger partial charge in [-0.3, -0.25) is 18.6 Å². The first kappa shape index (κ1) is 66.7. The number of ether oxygens (including phenoxy) is 6. The molecule has 24 heteroatoms. The van der Waals surface area contributed by atoms with E-state index in [4.69, 9.17) is 37.5 Å². The largest absolute Gasteiger partial charge is 0.472 e. The standard InChI is InChI=1S/C50H93O23P/c1-3-5-7-9-11-13-15-17-18-20-22-24-26-35(53)66-30-32(68-36(54)27-25-23-21-19-16-14-12-10-8-6-4-2)31-67-74(64,65)73-48-46(71-49-44(62)39(57)37(55)33(28-51)69-49)42(60)41(59)43(61)47(48)72-50-45(63)40(58)38(56)34(29-52)70-50/h32-34,37-52,55-63H,3-31H2,1-2H3,(H,64,65). The van der Waals surface area contributed by atoms with Crippen molar-refractivity contribution in [1.82, 2.24) is 0 Å². The fourth-order valence-corrected chi connectivity index (χ4v) is 10.3. The van der Waals surface area contributed by atoms with Gasteiger partial charge in [-0.05, 0) is 12.8 Å². The molecule has 0 amide bonds. The predicted molar refractivity (Wildman–Crippen MR) is 264 cm³/mol. The van der Waals surface area contributed by atoms with Gasteiger partial charge in [-0.2, -0.15) is 0 Å². The average Bonchev–Trinajstić information content (AvgIpc) is 3.38. The summed E-state index contributed by atoms with van der Waals surface area (Å²) in [6.07, 6.45) is -10.2. The van der Waals surface area contributed by atoms with Crippen molar-refractivity contribution in [2.45, 2.75) is 279 Å². The quantitative estimate of drug-likeness (QED) is 0.0238. The Hall–Kier alpha value is -1.55. The molecule has 1 saturated carbocycles. The Morgan fingerprint density at radius 3 is 1.19 bits per heavy atom. The number of rotatable bonds is 39. The topological polar surface area (TPSA) is 368 Å². The second-order valence-corrected chi connectivity index (χ2v) is 21.5. The van der Waals surface area contributed by atoms with Gasteiger partial charge in [0.1, 0.15) is 92.1 Å². The summed E-state index contributed by atoms with van der Waals surface area (Å²) in [6, 6.07) is 0. The molecule has 3 fully saturated rings. The summed E-state index contributed by atoms with van der Waals surface area (Å²) in [5.41, 5.74) is 0. The number of esters is 2. The lowest BCUT2D eigenvalue weighted by atomic mass is 9.84. The minimum absolute atomic E-state index is 0.0261. The first-order valence-corrected chi connectivity index (χ1v) is 28.9. The molecule has 0 radical (unpaired) electrons. The molecule has 23 nitrogen and oxygen atoms in total. The summed E-state index contributed by atoms with van der Waals surface area (Å²) in [7, 11) is -5.62. The molecule has 0 bridgehead atoms. The van der Waals surface area contributed by atoms with Crippen LogP contribution >= 0.6 is 7.82 Å². The van der Waals surface area contributed by atoms with Gasteiger partial charge in [-0.15, -0.1) is 0 Å². The first-order chi connectivity index (χ1) is 35.4. The number of phosphoric acid groups is 1. The van der Waals surface area contributed by atoms with E-state index < -0.39 is 150 Å². The fraction of sp³-hybridized carbons (Fsp3) is 0.960. The number of hydrogen-bond donors (Lipinski definition) is 12. The van der Waals surface area contributed by atoms with Crippen molar-refractivity contribution in [3.8, 4) is 0 Å². The Morgan fingerprint density at radius 2 is 0.811 bits per heavy atom. The summed E-state index contributed by atoms with van der Waals surface area (Å²) in [5.74, 6) is -1.33. The lowest BCUT2D eigenvalue weighted by molar-refractivity contribution is -0.360. The zero-order valence-electron chi connectivity index (χ0n) is 43.6. The molecule has 16 atom stereocenters. The molecule has 74 heavy (non-hydrogen) atoms. The van der Waals surface area contributed by atoms with Gasteiger partial charge in [0.2, 0.25) is 0 Å².